The van der Waals surface area contributed by atoms with Crippen molar-refractivity contribution in [2.24, 2.45) is 0 Å². The molecule has 0 spiro atoms. The van der Waals surface area contributed by atoms with Gasteiger partial charge in [-0.25, -0.2) is 13.2 Å². The standard InChI is InChI=1S/C5H8F3NO4S.C2HF3O2/c1-2-3(4(10)11)9-14(12,13)5(6,7)8;3-2(4,5)1(6)7/h3,9H,2H2,1H3,(H,10,11);(H,6,7). The summed E-state index contributed by atoms with van der Waals surface area (Å²) >= 11 is 0. The minimum absolute atomic E-state index is 0.273. The van der Waals surface area contributed by atoms with Crippen LogP contribution in [0.15, 0.2) is 0 Å². The van der Waals surface area contributed by atoms with Crippen LogP contribution in [0.2, 0.25) is 0 Å². The van der Waals surface area contributed by atoms with Gasteiger partial charge in [0.05, 0.1) is 0 Å². The van der Waals surface area contributed by atoms with Gasteiger partial charge in [0.15, 0.2) is 0 Å². The summed E-state index contributed by atoms with van der Waals surface area (Å²) in [6, 6.07) is -1.76. The molecule has 0 heterocycles. The second-order valence-electron chi connectivity index (χ2n) is 3.17. The molecule has 0 rings (SSSR count). The molecule has 0 saturated carbocycles. The highest BCUT2D eigenvalue weighted by Gasteiger charge is 2.47. The minimum atomic E-state index is -5.58. The van der Waals surface area contributed by atoms with Gasteiger partial charge in [-0.2, -0.15) is 31.1 Å². The van der Waals surface area contributed by atoms with Crippen LogP contribution in [0.3, 0.4) is 0 Å². The van der Waals surface area contributed by atoms with Crippen molar-refractivity contribution in [3.63, 3.8) is 0 Å². The molecule has 0 radical (unpaired) electrons. The van der Waals surface area contributed by atoms with E-state index in [-0.39, 0.29) is 6.42 Å². The SMILES string of the molecule is CCC(NS(=O)(=O)C(F)(F)F)C(=O)O.O=C(O)C(F)(F)F. The Morgan fingerprint density at radius 1 is 1.10 bits per heavy atom. The zero-order chi connectivity index (χ0) is 17.6. The van der Waals surface area contributed by atoms with Crippen LogP contribution in [0.4, 0.5) is 26.3 Å². The minimum Gasteiger partial charge on any atom is -0.480 e. The number of aliphatic carboxylic acids is 2. The smallest absolute Gasteiger partial charge is 0.480 e. The first-order valence-electron chi connectivity index (χ1n) is 4.67. The Morgan fingerprint density at radius 2 is 1.43 bits per heavy atom. The van der Waals surface area contributed by atoms with Crippen LogP contribution in [0.1, 0.15) is 13.3 Å². The van der Waals surface area contributed by atoms with E-state index >= 15 is 0 Å². The number of hydrogen-bond acceptors (Lipinski definition) is 4. The van der Waals surface area contributed by atoms with Crippen LogP contribution in [0.5, 0.6) is 0 Å². The van der Waals surface area contributed by atoms with Crippen molar-refractivity contribution < 1.29 is 54.6 Å². The number of carboxylic acids is 2. The highest BCUT2D eigenvalue weighted by molar-refractivity contribution is 7.90. The van der Waals surface area contributed by atoms with E-state index in [2.05, 4.69) is 0 Å². The fraction of sp³-hybridized carbons (Fsp3) is 0.714. The van der Waals surface area contributed by atoms with Crippen LogP contribution in [-0.2, 0) is 19.6 Å². The molecule has 126 valence electrons. The van der Waals surface area contributed by atoms with Gasteiger partial charge in [0.2, 0.25) is 0 Å². The molecule has 0 aliphatic carbocycles. The van der Waals surface area contributed by atoms with Gasteiger partial charge in [0, 0.05) is 0 Å². The third-order valence-corrected chi connectivity index (χ3v) is 2.76. The number of halogens is 6. The molecular formula is C7H9F6NO6S. The molecule has 1 unspecified atom stereocenters. The summed E-state index contributed by atoms with van der Waals surface area (Å²) in [5, 5.41) is 15.4. The second-order valence-corrected chi connectivity index (χ2v) is 4.87. The van der Waals surface area contributed by atoms with E-state index in [4.69, 9.17) is 15.0 Å². The van der Waals surface area contributed by atoms with E-state index in [0.29, 0.717) is 0 Å². The molecule has 0 aromatic rings. The third-order valence-electron chi connectivity index (χ3n) is 1.55. The lowest BCUT2D eigenvalue weighted by Gasteiger charge is -2.14. The quantitative estimate of drug-likeness (QED) is 0.649. The van der Waals surface area contributed by atoms with Crippen molar-refractivity contribution in [2.45, 2.75) is 31.1 Å². The normalized spacial score (nSPS) is 13.9. The number of rotatable bonds is 4. The third kappa shape index (κ3) is 8.34. The Morgan fingerprint density at radius 3 is 1.57 bits per heavy atom. The Balaban J connectivity index is 0. The number of sulfonamides is 1. The van der Waals surface area contributed by atoms with Crippen LogP contribution < -0.4 is 4.72 Å². The van der Waals surface area contributed by atoms with Crippen LogP contribution in [0, 0.1) is 0 Å². The predicted molar refractivity (Wildman–Crippen MR) is 53.5 cm³/mol. The zero-order valence-electron chi connectivity index (χ0n) is 9.99. The Kier molecular flexibility index (Phi) is 7.70. The average Bonchev–Trinajstić information content (AvgIpc) is 2.23. The maximum atomic E-state index is 11.8. The van der Waals surface area contributed by atoms with Crippen LogP contribution in [-0.4, -0.2) is 48.3 Å². The summed E-state index contributed by atoms with van der Waals surface area (Å²) in [5.74, 6) is -4.41. The van der Waals surface area contributed by atoms with Crippen molar-refractivity contribution in [3.05, 3.63) is 0 Å². The highest BCUT2D eigenvalue weighted by Crippen LogP contribution is 2.22. The molecule has 0 saturated heterocycles. The van der Waals surface area contributed by atoms with E-state index in [1.165, 1.54) is 6.92 Å². The molecule has 0 fully saturated rings. The molecule has 0 aromatic carbocycles. The number of carboxylic acid groups (broad SMARTS) is 2. The summed E-state index contributed by atoms with van der Waals surface area (Å²) in [4.78, 5) is 19.1. The summed E-state index contributed by atoms with van der Waals surface area (Å²) in [6.07, 6.45) is -5.36. The van der Waals surface area contributed by atoms with Gasteiger partial charge in [0.1, 0.15) is 6.04 Å². The number of nitrogens with one attached hydrogen (secondary N) is 1. The lowest BCUT2D eigenvalue weighted by molar-refractivity contribution is -0.192. The molecular weight excluding hydrogens is 340 g/mol. The van der Waals surface area contributed by atoms with E-state index < -0.39 is 39.7 Å². The molecule has 7 nitrogen and oxygen atoms in total. The first kappa shape index (κ1) is 21.7. The van der Waals surface area contributed by atoms with Crippen molar-refractivity contribution in [1.29, 1.82) is 0 Å². The van der Waals surface area contributed by atoms with E-state index in [0.717, 1.165) is 4.72 Å². The molecule has 1 atom stereocenters. The van der Waals surface area contributed by atoms with E-state index in [1.807, 2.05) is 0 Å². The van der Waals surface area contributed by atoms with Gasteiger partial charge >= 0.3 is 33.6 Å². The second kappa shape index (κ2) is 7.44. The molecule has 0 amide bonds. The maximum Gasteiger partial charge on any atom is 0.511 e. The van der Waals surface area contributed by atoms with Gasteiger partial charge in [-0.1, -0.05) is 6.92 Å². The Bertz CT molecular complexity index is 469. The molecule has 21 heavy (non-hydrogen) atoms. The Hall–Kier alpha value is -1.57. The van der Waals surface area contributed by atoms with Gasteiger partial charge in [-0.05, 0) is 6.42 Å². The van der Waals surface area contributed by atoms with E-state index in [1.54, 1.807) is 0 Å². The van der Waals surface area contributed by atoms with Gasteiger partial charge in [-0.15, -0.1) is 0 Å². The van der Waals surface area contributed by atoms with Gasteiger partial charge in [-0.3, -0.25) is 4.79 Å². The lowest BCUT2D eigenvalue weighted by Crippen LogP contribution is -2.46. The van der Waals surface area contributed by atoms with Crippen molar-refractivity contribution >= 4 is 22.0 Å². The van der Waals surface area contributed by atoms with Crippen molar-refractivity contribution in [1.82, 2.24) is 4.72 Å². The first-order chi connectivity index (χ1) is 9.06. The largest absolute Gasteiger partial charge is 0.511 e. The first-order valence-corrected chi connectivity index (χ1v) is 6.16. The van der Waals surface area contributed by atoms with Crippen LogP contribution in [0.25, 0.3) is 0 Å². The summed E-state index contributed by atoms with van der Waals surface area (Å²) in [7, 11) is -5.58. The Labute approximate surface area is 113 Å². The number of alkyl halides is 6. The lowest BCUT2D eigenvalue weighted by atomic mass is 10.2. The summed E-state index contributed by atoms with van der Waals surface area (Å²) in [6.45, 7) is 1.25. The average molecular weight is 349 g/mol. The fourth-order valence-corrected chi connectivity index (χ4v) is 1.34. The highest BCUT2D eigenvalue weighted by atomic mass is 32.2. The predicted octanol–water partition coefficient (Wildman–Crippen LogP) is 0.922. The van der Waals surface area contributed by atoms with Gasteiger partial charge < -0.3 is 10.2 Å². The number of carbonyl (C=O) groups is 2. The van der Waals surface area contributed by atoms with Crippen molar-refractivity contribution in [3.8, 4) is 0 Å². The van der Waals surface area contributed by atoms with Gasteiger partial charge in [0.25, 0.3) is 0 Å². The molecule has 0 aromatic heterocycles. The number of hydrogen-bond donors (Lipinski definition) is 3. The monoisotopic (exact) mass is 349 g/mol. The zero-order valence-corrected chi connectivity index (χ0v) is 10.8. The molecule has 3 N–H and O–H groups in total. The molecule has 14 heteroatoms. The van der Waals surface area contributed by atoms with Crippen LogP contribution >= 0.6 is 0 Å². The molecule has 0 aliphatic rings. The summed E-state index contributed by atoms with van der Waals surface area (Å²) < 4.78 is 88.9. The molecule has 0 bridgehead atoms. The van der Waals surface area contributed by atoms with E-state index in [9.17, 15) is 39.6 Å². The topological polar surface area (TPSA) is 121 Å². The maximum absolute atomic E-state index is 11.8. The molecule has 0 aliphatic heterocycles. The van der Waals surface area contributed by atoms with Crippen molar-refractivity contribution in [2.75, 3.05) is 0 Å². The fourth-order valence-electron chi connectivity index (χ4n) is 0.562. The summed E-state index contributed by atoms with van der Waals surface area (Å²) in [5.41, 5.74) is -5.49.